The summed E-state index contributed by atoms with van der Waals surface area (Å²) in [5.41, 5.74) is 3.09. The van der Waals surface area contributed by atoms with Crippen LogP contribution in [0.5, 0.6) is 0 Å². The van der Waals surface area contributed by atoms with Crippen LogP contribution in [0.1, 0.15) is 5.56 Å². The second kappa shape index (κ2) is 7.86. The average molecular weight is 398 g/mol. The maximum absolute atomic E-state index is 6.20. The Labute approximate surface area is 166 Å². The fraction of sp³-hybridized carbons (Fsp3) is 0.100. The van der Waals surface area contributed by atoms with Crippen molar-refractivity contribution in [2.24, 2.45) is 0 Å². The Bertz CT molecular complexity index is 1080. The first kappa shape index (κ1) is 17.6. The number of halogens is 2. The summed E-state index contributed by atoms with van der Waals surface area (Å²) >= 11 is 12.2. The number of aromatic amines is 1. The van der Waals surface area contributed by atoms with Gasteiger partial charge in [0.2, 0.25) is 5.95 Å². The highest BCUT2D eigenvalue weighted by Crippen LogP contribution is 2.31. The highest BCUT2D eigenvalue weighted by molar-refractivity contribution is 6.43. The van der Waals surface area contributed by atoms with Gasteiger partial charge in [-0.1, -0.05) is 47.5 Å². The van der Waals surface area contributed by atoms with Crippen LogP contribution in [0.4, 0.5) is 17.5 Å². The molecular formula is C20H17Cl2N5. The van der Waals surface area contributed by atoms with Crippen LogP contribution in [-0.4, -0.2) is 21.5 Å². The van der Waals surface area contributed by atoms with Gasteiger partial charge in [-0.3, -0.25) is 0 Å². The number of nitrogens with one attached hydrogen (secondary N) is 3. The fourth-order valence-corrected chi connectivity index (χ4v) is 3.25. The molecule has 0 spiro atoms. The largest absolute Gasteiger partial charge is 0.370 e. The highest BCUT2D eigenvalue weighted by atomic mass is 35.5. The summed E-state index contributed by atoms with van der Waals surface area (Å²) in [5, 5.41) is 8.61. The van der Waals surface area contributed by atoms with Crippen LogP contribution < -0.4 is 10.6 Å². The van der Waals surface area contributed by atoms with Crippen LogP contribution in [0, 0.1) is 0 Å². The molecule has 2 aromatic heterocycles. The van der Waals surface area contributed by atoms with E-state index in [4.69, 9.17) is 23.2 Å². The first-order valence-corrected chi connectivity index (χ1v) is 9.29. The van der Waals surface area contributed by atoms with Gasteiger partial charge in [0.1, 0.15) is 5.82 Å². The zero-order valence-electron chi connectivity index (χ0n) is 14.3. The van der Waals surface area contributed by atoms with Gasteiger partial charge in [-0.15, -0.1) is 0 Å². The fourth-order valence-electron chi connectivity index (χ4n) is 2.90. The maximum Gasteiger partial charge on any atom is 0.229 e. The average Bonchev–Trinajstić information content (AvgIpc) is 3.09. The quantitative estimate of drug-likeness (QED) is 0.392. The summed E-state index contributed by atoms with van der Waals surface area (Å²) in [6.45, 7) is 0.760. The molecule has 0 unspecified atom stereocenters. The third-order valence-electron chi connectivity index (χ3n) is 4.23. The molecule has 0 radical (unpaired) electrons. The van der Waals surface area contributed by atoms with Gasteiger partial charge < -0.3 is 15.6 Å². The van der Waals surface area contributed by atoms with Crippen molar-refractivity contribution in [3.8, 4) is 0 Å². The zero-order valence-corrected chi connectivity index (χ0v) is 15.8. The Morgan fingerprint density at radius 1 is 1.00 bits per heavy atom. The lowest BCUT2D eigenvalue weighted by Crippen LogP contribution is -2.07. The molecule has 7 heteroatoms. The summed E-state index contributed by atoms with van der Waals surface area (Å²) < 4.78 is 0. The van der Waals surface area contributed by atoms with Gasteiger partial charge in [-0.05, 0) is 36.2 Å². The van der Waals surface area contributed by atoms with Gasteiger partial charge in [0.05, 0.1) is 15.7 Å². The monoisotopic (exact) mass is 397 g/mol. The number of H-pyrrole nitrogens is 1. The van der Waals surface area contributed by atoms with Crippen molar-refractivity contribution < 1.29 is 0 Å². The number of benzene rings is 2. The number of anilines is 3. The molecule has 0 amide bonds. The molecule has 0 atom stereocenters. The van der Waals surface area contributed by atoms with E-state index >= 15 is 0 Å². The van der Waals surface area contributed by atoms with E-state index < -0.39 is 0 Å². The summed E-state index contributed by atoms with van der Waals surface area (Å²) in [6, 6.07) is 15.5. The highest BCUT2D eigenvalue weighted by Gasteiger charge is 2.07. The third-order valence-corrected chi connectivity index (χ3v) is 5.05. The van der Waals surface area contributed by atoms with Gasteiger partial charge in [0.15, 0.2) is 0 Å². The number of aromatic nitrogens is 3. The number of rotatable bonds is 6. The summed E-state index contributed by atoms with van der Waals surface area (Å²) in [7, 11) is 0. The van der Waals surface area contributed by atoms with Crippen LogP contribution in [0.2, 0.25) is 10.0 Å². The second-order valence-electron chi connectivity index (χ2n) is 6.03. The van der Waals surface area contributed by atoms with Gasteiger partial charge >= 0.3 is 0 Å². The number of hydrogen-bond acceptors (Lipinski definition) is 4. The number of fused-ring (bicyclic) bond motifs is 1. The SMILES string of the molecule is Clc1cccc(Nc2nccc(NCCc3c[nH]c4ccccc34)n2)c1Cl. The predicted octanol–water partition coefficient (Wildman–Crippen LogP) is 5.66. The van der Waals surface area contributed by atoms with Gasteiger partial charge in [0.25, 0.3) is 0 Å². The smallest absolute Gasteiger partial charge is 0.229 e. The molecule has 4 rings (SSSR count). The molecule has 27 heavy (non-hydrogen) atoms. The van der Waals surface area contributed by atoms with E-state index in [1.165, 1.54) is 10.9 Å². The minimum atomic E-state index is 0.445. The molecule has 0 saturated carbocycles. The maximum atomic E-state index is 6.20. The van der Waals surface area contributed by atoms with Gasteiger partial charge in [0, 0.05) is 29.8 Å². The summed E-state index contributed by atoms with van der Waals surface area (Å²) in [5.74, 6) is 1.20. The Balaban J connectivity index is 1.41. The molecule has 0 aliphatic carbocycles. The third kappa shape index (κ3) is 3.99. The molecule has 0 fully saturated rings. The van der Waals surface area contributed by atoms with E-state index in [1.54, 1.807) is 12.3 Å². The zero-order chi connectivity index (χ0) is 18.6. The van der Waals surface area contributed by atoms with Crippen molar-refractivity contribution in [2.45, 2.75) is 6.42 Å². The molecule has 0 aliphatic rings. The first-order chi connectivity index (χ1) is 13.2. The molecule has 0 saturated heterocycles. The van der Waals surface area contributed by atoms with Crippen LogP contribution in [0.3, 0.4) is 0 Å². The van der Waals surface area contributed by atoms with Crippen molar-refractivity contribution >= 4 is 51.6 Å². The van der Waals surface area contributed by atoms with Crippen molar-refractivity contribution in [1.29, 1.82) is 0 Å². The molecular weight excluding hydrogens is 381 g/mol. The van der Waals surface area contributed by atoms with Crippen molar-refractivity contribution in [3.05, 3.63) is 76.5 Å². The lowest BCUT2D eigenvalue weighted by atomic mass is 10.1. The molecule has 5 nitrogen and oxygen atoms in total. The van der Waals surface area contributed by atoms with Gasteiger partial charge in [-0.2, -0.15) is 4.98 Å². The minimum Gasteiger partial charge on any atom is -0.370 e. The minimum absolute atomic E-state index is 0.445. The molecule has 2 heterocycles. The van der Waals surface area contributed by atoms with Crippen molar-refractivity contribution in [1.82, 2.24) is 15.0 Å². The summed E-state index contributed by atoms with van der Waals surface area (Å²) in [6.07, 6.45) is 4.64. The van der Waals surface area contributed by atoms with Crippen molar-refractivity contribution in [2.75, 3.05) is 17.2 Å². The lowest BCUT2D eigenvalue weighted by molar-refractivity contribution is 1.01. The Morgan fingerprint density at radius 2 is 1.89 bits per heavy atom. The molecule has 136 valence electrons. The molecule has 3 N–H and O–H groups in total. The second-order valence-corrected chi connectivity index (χ2v) is 6.81. The van der Waals surface area contributed by atoms with Crippen LogP contribution >= 0.6 is 23.2 Å². The van der Waals surface area contributed by atoms with Crippen LogP contribution in [0.15, 0.2) is 60.9 Å². The molecule has 0 bridgehead atoms. The van der Waals surface area contributed by atoms with E-state index in [1.807, 2.05) is 24.3 Å². The predicted molar refractivity (Wildman–Crippen MR) is 112 cm³/mol. The van der Waals surface area contributed by atoms with Crippen LogP contribution in [0.25, 0.3) is 10.9 Å². The van der Waals surface area contributed by atoms with E-state index in [2.05, 4.69) is 50.0 Å². The number of para-hydroxylation sites is 1. The lowest BCUT2D eigenvalue weighted by Gasteiger charge is -2.10. The van der Waals surface area contributed by atoms with E-state index in [0.29, 0.717) is 21.7 Å². The summed E-state index contributed by atoms with van der Waals surface area (Å²) in [4.78, 5) is 12.0. The van der Waals surface area contributed by atoms with E-state index in [-0.39, 0.29) is 0 Å². The molecule has 0 aliphatic heterocycles. The Hall–Kier alpha value is -2.76. The normalized spacial score (nSPS) is 10.9. The number of nitrogens with zero attached hydrogens (tertiary/aromatic N) is 2. The topological polar surface area (TPSA) is 65.6 Å². The van der Waals surface area contributed by atoms with E-state index in [9.17, 15) is 0 Å². The molecule has 2 aromatic carbocycles. The first-order valence-electron chi connectivity index (χ1n) is 8.53. The van der Waals surface area contributed by atoms with Crippen molar-refractivity contribution in [3.63, 3.8) is 0 Å². The Morgan fingerprint density at radius 3 is 2.81 bits per heavy atom. The molecule has 4 aromatic rings. The Kier molecular flexibility index (Phi) is 5.14. The van der Waals surface area contributed by atoms with Crippen LogP contribution in [-0.2, 0) is 6.42 Å². The van der Waals surface area contributed by atoms with Gasteiger partial charge in [-0.25, -0.2) is 4.98 Å². The van der Waals surface area contributed by atoms with E-state index in [0.717, 1.165) is 24.3 Å². The number of hydrogen-bond donors (Lipinski definition) is 3. The standard InChI is InChI=1S/C20H17Cl2N5/c21-15-5-3-7-17(19(15)22)26-20-24-11-9-18(27-20)23-10-8-13-12-25-16-6-2-1-4-14(13)16/h1-7,9,11-12,25H,8,10H2,(H2,23,24,26,27).